The van der Waals surface area contributed by atoms with Gasteiger partial charge in [-0.3, -0.25) is 9.59 Å². The van der Waals surface area contributed by atoms with E-state index in [1.165, 1.54) is 0 Å². The molecule has 0 aliphatic carbocycles. The predicted octanol–water partition coefficient (Wildman–Crippen LogP) is 0.379. The van der Waals surface area contributed by atoms with Gasteiger partial charge in [-0.25, -0.2) is 0 Å². The van der Waals surface area contributed by atoms with E-state index in [4.69, 9.17) is 11.5 Å². The van der Waals surface area contributed by atoms with Gasteiger partial charge in [0.15, 0.2) is 0 Å². The largest absolute Gasteiger partial charge is 0.382 e. The SMILES string of the molecule is C=C/C=C(\C=C)CC(N)C(O)C(=O)NC(CC(C)C)C(N)=O. The van der Waals surface area contributed by atoms with Crippen LogP contribution in [0.5, 0.6) is 0 Å². The van der Waals surface area contributed by atoms with E-state index in [9.17, 15) is 14.7 Å². The van der Waals surface area contributed by atoms with Crippen LogP contribution in [-0.4, -0.2) is 35.1 Å². The maximum absolute atomic E-state index is 12.0. The number of aliphatic hydroxyl groups excluding tert-OH is 1. The van der Waals surface area contributed by atoms with Crippen molar-refractivity contribution < 1.29 is 14.7 Å². The van der Waals surface area contributed by atoms with E-state index in [1.54, 1.807) is 18.2 Å². The molecule has 2 amide bonds. The summed E-state index contributed by atoms with van der Waals surface area (Å²) >= 11 is 0. The number of allylic oxidation sites excluding steroid dienone is 3. The number of nitrogens with one attached hydrogen (secondary N) is 1. The minimum absolute atomic E-state index is 0.173. The molecule has 0 fully saturated rings. The Morgan fingerprint density at radius 2 is 1.91 bits per heavy atom. The first-order valence-corrected chi connectivity index (χ1v) is 7.20. The molecule has 6 N–H and O–H groups in total. The van der Waals surface area contributed by atoms with Gasteiger partial charge in [-0.2, -0.15) is 0 Å². The zero-order valence-electron chi connectivity index (χ0n) is 13.3. The van der Waals surface area contributed by atoms with Crippen LogP contribution >= 0.6 is 0 Å². The minimum atomic E-state index is -1.44. The number of amides is 2. The lowest BCUT2D eigenvalue weighted by Gasteiger charge is -2.22. The Morgan fingerprint density at radius 3 is 2.32 bits per heavy atom. The molecule has 3 atom stereocenters. The Hall–Kier alpha value is -1.92. The van der Waals surface area contributed by atoms with Gasteiger partial charge >= 0.3 is 0 Å². The van der Waals surface area contributed by atoms with Gasteiger partial charge in [0.2, 0.25) is 5.91 Å². The molecule has 0 aromatic heterocycles. The van der Waals surface area contributed by atoms with Gasteiger partial charge in [0.25, 0.3) is 5.91 Å². The molecule has 0 heterocycles. The molecule has 0 saturated heterocycles. The maximum Gasteiger partial charge on any atom is 0.251 e. The molecule has 0 aromatic carbocycles. The standard InChI is InChI=1S/C16H27N3O3/c1-5-7-11(6-2)9-12(17)14(20)16(22)19-13(15(18)21)8-10(3)4/h5-7,10,12-14,20H,1-2,8-9,17H2,3-4H3,(H2,18,21)(H,19,22)/b11-7+. The molecule has 0 aromatic rings. The van der Waals surface area contributed by atoms with Crippen LogP contribution in [0.4, 0.5) is 0 Å². The number of primary amides is 1. The topological polar surface area (TPSA) is 118 Å². The van der Waals surface area contributed by atoms with Crippen molar-refractivity contribution in [3.8, 4) is 0 Å². The first kappa shape index (κ1) is 20.1. The van der Waals surface area contributed by atoms with E-state index in [-0.39, 0.29) is 12.3 Å². The van der Waals surface area contributed by atoms with E-state index in [1.807, 2.05) is 13.8 Å². The summed E-state index contributed by atoms with van der Waals surface area (Å²) in [6.45, 7) is 11.0. The molecule has 0 saturated carbocycles. The quantitative estimate of drug-likeness (QED) is 0.436. The fraction of sp³-hybridized carbons (Fsp3) is 0.500. The lowest BCUT2D eigenvalue weighted by atomic mass is 9.99. The molecule has 6 nitrogen and oxygen atoms in total. The van der Waals surface area contributed by atoms with Crippen LogP contribution in [0.1, 0.15) is 26.7 Å². The maximum atomic E-state index is 12.0. The number of carbonyl (C=O) groups is 2. The third-order valence-corrected chi connectivity index (χ3v) is 3.11. The fourth-order valence-electron chi connectivity index (χ4n) is 1.92. The van der Waals surface area contributed by atoms with Crippen molar-refractivity contribution in [2.75, 3.05) is 0 Å². The van der Waals surface area contributed by atoms with Crippen LogP contribution < -0.4 is 16.8 Å². The molecular formula is C16H27N3O3. The van der Waals surface area contributed by atoms with Gasteiger partial charge in [0, 0.05) is 6.04 Å². The molecule has 0 spiro atoms. The monoisotopic (exact) mass is 309 g/mol. The third kappa shape index (κ3) is 7.19. The highest BCUT2D eigenvalue weighted by molar-refractivity contribution is 5.88. The smallest absolute Gasteiger partial charge is 0.251 e. The Morgan fingerprint density at radius 1 is 1.32 bits per heavy atom. The second kappa shape index (κ2) is 9.92. The van der Waals surface area contributed by atoms with E-state index in [2.05, 4.69) is 18.5 Å². The molecule has 0 rings (SSSR count). The lowest BCUT2D eigenvalue weighted by Crippen LogP contribution is -2.53. The Kier molecular flexibility index (Phi) is 9.05. The van der Waals surface area contributed by atoms with Gasteiger partial charge in [-0.15, -0.1) is 0 Å². The molecule has 0 radical (unpaired) electrons. The molecule has 0 bridgehead atoms. The van der Waals surface area contributed by atoms with Crippen LogP contribution in [0.2, 0.25) is 0 Å². The molecule has 0 aliphatic rings. The third-order valence-electron chi connectivity index (χ3n) is 3.11. The second-order valence-corrected chi connectivity index (χ2v) is 5.59. The zero-order valence-corrected chi connectivity index (χ0v) is 13.3. The minimum Gasteiger partial charge on any atom is -0.382 e. The second-order valence-electron chi connectivity index (χ2n) is 5.59. The first-order valence-electron chi connectivity index (χ1n) is 7.20. The summed E-state index contributed by atoms with van der Waals surface area (Å²) in [5.41, 5.74) is 11.8. The summed E-state index contributed by atoms with van der Waals surface area (Å²) < 4.78 is 0. The van der Waals surface area contributed by atoms with E-state index in [0.717, 1.165) is 5.57 Å². The molecule has 6 heteroatoms. The summed E-state index contributed by atoms with van der Waals surface area (Å²) in [4.78, 5) is 23.3. The van der Waals surface area contributed by atoms with E-state index >= 15 is 0 Å². The summed E-state index contributed by atoms with van der Waals surface area (Å²) in [6, 6.07) is -1.64. The first-order chi connectivity index (χ1) is 10.2. The summed E-state index contributed by atoms with van der Waals surface area (Å²) in [5, 5.41) is 12.4. The number of hydrogen-bond acceptors (Lipinski definition) is 4. The summed E-state index contributed by atoms with van der Waals surface area (Å²) in [6.07, 6.45) is 4.07. The van der Waals surface area contributed by atoms with E-state index in [0.29, 0.717) is 6.42 Å². The average molecular weight is 309 g/mol. The molecule has 22 heavy (non-hydrogen) atoms. The van der Waals surface area contributed by atoms with Crippen molar-refractivity contribution >= 4 is 11.8 Å². The van der Waals surface area contributed by atoms with Crippen molar-refractivity contribution in [2.45, 2.75) is 44.9 Å². The van der Waals surface area contributed by atoms with Crippen molar-refractivity contribution in [1.82, 2.24) is 5.32 Å². The van der Waals surface area contributed by atoms with E-state index < -0.39 is 30.0 Å². The fourth-order valence-corrected chi connectivity index (χ4v) is 1.92. The van der Waals surface area contributed by atoms with Crippen molar-refractivity contribution in [2.24, 2.45) is 17.4 Å². The normalized spacial score (nSPS) is 15.8. The van der Waals surface area contributed by atoms with Gasteiger partial charge in [-0.1, -0.05) is 45.2 Å². The number of carbonyl (C=O) groups excluding carboxylic acids is 2. The zero-order chi connectivity index (χ0) is 17.3. The number of hydrogen-bond donors (Lipinski definition) is 4. The van der Waals surface area contributed by atoms with Gasteiger partial charge in [-0.05, 0) is 24.3 Å². The highest BCUT2D eigenvalue weighted by Gasteiger charge is 2.27. The predicted molar refractivity (Wildman–Crippen MR) is 87.7 cm³/mol. The van der Waals surface area contributed by atoms with Crippen LogP contribution in [-0.2, 0) is 9.59 Å². The molecular weight excluding hydrogens is 282 g/mol. The Balaban J connectivity index is 4.75. The van der Waals surface area contributed by atoms with Gasteiger partial charge in [0.1, 0.15) is 12.1 Å². The van der Waals surface area contributed by atoms with Gasteiger partial charge in [0.05, 0.1) is 0 Å². The van der Waals surface area contributed by atoms with Crippen molar-refractivity contribution in [3.63, 3.8) is 0 Å². The highest BCUT2D eigenvalue weighted by Crippen LogP contribution is 2.10. The van der Waals surface area contributed by atoms with Crippen molar-refractivity contribution in [1.29, 1.82) is 0 Å². The summed E-state index contributed by atoms with van der Waals surface area (Å²) in [7, 11) is 0. The van der Waals surface area contributed by atoms with Crippen molar-refractivity contribution in [3.05, 3.63) is 37.0 Å². The van der Waals surface area contributed by atoms with Gasteiger partial charge < -0.3 is 21.9 Å². The van der Waals surface area contributed by atoms with Crippen LogP contribution in [0.3, 0.4) is 0 Å². The highest BCUT2D eigenvalue weighted by atomic mass is 16.3. The summed E-state index contributed by atoms with van der Waals surface area (Å²) in [5.74, 6) is -1.17. The number of nitrogens with two attached hydrogens (primary N) is 2. The molecule has 3 unspecified atom stereocenters. The molecule has 124 valence electrons. The lowest BCUT2D eigenvalue weighted by molar-refractivity contribution is -0.134. The number of aliphatic hydroxyl groups is 1. The number of rotatable bonds is 10. The van der Waals surface area contributed by atoms with Crippen LogP contribution in [0.25, 0.3) is 0 Å². The van der Waals surface area contributed by atoms with Crippen LogP contribution in [0.15, 0.2) is 37.0 Å². The van der Waals surface area contributed by atoms with Crippen LogP contribution in [0, 0.1) is 5.92 Å². The Labute approximate surface area is 131 Å². The average Bonchev–Trinajstić information content (AvgIpc) is 2.44. The Bertz CT molecular complexity index is 444. The molecule has 0 aliphatic heterocycles.